The highest BCUT2D eigenvalue weighted by Crippen LogP contribution is 2.32. The lowest BCUT2D eigenvalue weighted by atomic mass is 9.89. The number of aryl methyl sites for hydroxylation is 2. The van der Waals surface area contributed by atoms with E-state index in [0.717, 1.165) is 29.8 Å². The van der Waals surface area contributed by atoms with Gasteiger partial charge in [0.05, 0.1) is 12.7 Å². The van der Waals surface area contributed by atoms with Crippen LogP contribution in [0.5, 0.6) is 5.75 Å². The molecule has 1 atom stereocenters. The fourth-order valence-corrected chi connectivity index (χ4v) is 2.97. The fourth-order valence-electron chi connectivity index (χ4n) is 2.97. The maximum atomic E-state index is 6.04. The molecule has 0 spiro atoms. The Morgan fingerprint density at radius 2 is 2.00 bits per heavy atom. The molecule has 2 N–H and O–H groups in total. The van der Waals surface area contributed by atoms with Crippen LogP contribution in [0, 0.1) is 6.92 Å². The average Bonchev–Trinajstić information content (AvgIpc) is 2.55. The predicted molar refractivity (Wildman–Crippen MR) is 89.2 cm³/mol. The molecule has 3 rings (SSSR count). The lowest BCUT2D eigenvalue weighted by Crippen LogP contribution is -2.16. The molecule has 3 nitrogen and oxygen atoms in total. The molecule has 0 fully saturated rings. The second-order valence-corrected chi connectivity index (χ2v) is 5.82. The van der Waals surface area contributed by atoms with E-state index in [1.165, 1.54) is 17.5 Å². The summed E-state index contributed by atoms with van der Waals surface area (Å²) in [6, 6.07) is 14.3. The monoisotopic (exact) mass is 297 g/mol. The number of fused-ring (bicyclic) bond motifs is 1. The Labute approximate surface area is 132 Å². The topological polar surface area (TPSA) is 44.5 Å². The number of anilines is 1. The van der Waals surface area contributed by atoms with E-state index in [-0.39, 0.29) is 6.10 Å². The number of nitrogen functional groups attached to an aromatic ring is 1. The number of hydrogen-bond acceptors (Lipinski definition) is 3. The Balaban J connectivity index is 1.51. The first-order valence-electron chi connectivity index (χ1n) is 7.92. The number of benzene rings is 2. The number of ether oxygens (including phenoxy) is 2. The highest BCUT2D eigenvalue weighted by molar-refractivity contribution is 5.49. The largest absolute Gasteiger partial charge is 0.491 e. The standard InChI is InChI=1S/C19H23NO2/c1-14-13-16(9-10-18(14)20)21-11-12-22-19-8-4-6-15-5-2-3-7-17(15)19/h2-3,5,7,9-10,13,19H,4,6,8,11-12,20H2,1H3. The van der Waals surface area contributed by atoms with Gasteiger partial charge in [-0.3, -0.25) is 0 Å². The van der Waals surface area contributed by atoms with Crippen LogP contribution in [0.25, 0.3) is 0 Å². The summed E-state index contributed by atoms with van der Waals surface area (Å²) in [4.78, 5) is 0. The summed E-state index contributed by atoms with van der Waals surface area (Å²) in [5, 5.41) is 0. The van der Waals surface area contributed by atoms with Crippen LogP contribution < -0.4 is 10.5 Å². The molecule has 0 saturated carbocycles. The minimum atomic E-state index is 0.210. The second kappa shape index (κ2) is 6.84. The van der Waals surface area contributed by atoms with Gasteiger partial charge >= 0.3 is 0 Å². The van der Waals surface area contributed by atoms with Gasteiger partial charge in [-0.2, -0.15) is 0 Å². The van der Waals surface area contributed by atoms with Crippen molar-refractivity contribution in [3.63, 3.8) is 0 Å². The molecule has 0 aliphatic heterocycles. The summed E-state index contributed by atoms with van der Waals surface area (Å²) in [6.45, 7) is 3.14. The maximum absolute atomic E-state index is 6.04. The fraction of sp³-hybridized carbons (Fsp3) is 0.368. The molecule has 3 heteroatoms. The first kappa shape index (κ1) is 14.9. The Morgan fingerprint density at radius 3 is 2.86 bits per heavy atom. The van der Waals surface area contributed by atoms with Crippen LogP contribution >= 0.6 is 0 Å². The van der Waals surface area contributed by atoms with Crippen LogP contribution in [0.4, 0.5) is 5.69 Å². The third kappa shape index (κ3) is 3.42. The normalized spacial score (nSPS) is 17.0. The molecule has 0 radical (unpaired) electrons. The quantitative estimate of drug-likeness (QED) is 0.669. The molecule has 2 aromatic rings. The minimum absolute atomic E-state index is 0.210. The van der Waals surface area contributed by atoms with Gasteiger partial charge in [0.25, 0.3) is 0 Å². The molecule has 2 aromatic carbocycles. The predicted octanol–water partition coefficient (Wildman–Crippen LogP) is 4.05. The van der Waals surface area contributed by atoms with Gasteiger partial charge in [0.15, 0.2) is 0 Å². The van der Waals surface area contributed by atoms with Crippen LogP contribution in [0.15, 0.2) is 42.5 Å². The van der Waals surface area contributed by atoms with E-state index in [0.29, 0.717) is 13.2 Å². The Hall–Kier alpha value is -2.00. The van der Waals surface area contributed by atoms with Crippen molar-refractivity contribution in [2.45, 2.75) is 32.3 Å². The van der Waals surface area contributed by atoms with E-state index >= 15 is 0 Å². The van der Waals surface area contributed by atoms with Gasteiger partial charge in [0, 0.05) is 5.69 Å². The Kier molecular flexibility index (Phi) is 4.64. The summed E-state index contributed by atoms with van der Waals surface area (Å²) >= 11 is 0. The van der Waals surface area contributed by atoms with Crippen LogP contribution in [0.3, 0.4) is 0 Å². The highest BCUT2D eigenvalue weighted by atomic mass is 16.5. The van der Waals surface area contributed by atoms with Gasteiger partial charge in [-0.25, -0.2) is 0 Å². The van der Waals surface area contributed by atoms with Crippen molar-refractivity contribution in [2.24, 2.45) is 0 Å². The zero-order valence-electron chi connectivity index (χ0n) is 13.0. The molecule has 0 aromatic heterocycles. The number of nitrogens with two attached hydrogens (primary N) is 1. The summed E-state index contributed by atoms with van der Waals surface area (Å²) < 4.78 is 11.8. The molecular weight excluding hydrogens is 274 g/mol. The van der Waals surface area contributed by atoms with Crippen molar-refractivity contribution in [2.75, 3.05) is 18.9 Å². The van der Waals surface area contributed by atoms with E-state index < -0.39 is 0 Å². The van der Waals surface area contributed by atoms with Crippen molar-refractivity contribution in [3.8, 4) is 5.75 Å². The molecule has 0 amide bonds. The molecule has 22 heavy (non-hydrogen) atoms. The SMILES string of the molecule is Cc1cc(OCCOC2CCCc3ccccc32)ccc1N. The van der Waals surface area contributed by atoms with Crippen molar-refractivity contribution in [3.05, 3.63) is 59.2 Å². The maximum Gasteiger partial charge on any atom is 0.119 e. The third-order valence-electron chi connectivity index (χ3n) is 4.23. The van der Waals surface area contributed by atoms with E-state index in [4.69, 9.17) is 15.2 Å². The van der Waals surface area contributed by atoms with Gasteiger partial charge in [-0.05, 0) is 61.1 Å². The zero-order chi connectivity index (χ0) is 15.4. The lowest BCUT2D eigenvalue weighted by Gasteiger charge is -2.25. The van der Waals surface area contributed by atoms with Crippen LogP contribution in [-0.4, -0.2) is 13.2 Å². The van der Waals surface area contributed by atoms with Gasteiger partial charge in [-0.15, -0.1) is 0 Å². The zero-order valence-corrected chi connectivity index (χ0v) is 13.0. The van der Waals surface area contributed by atoms with Gasteiger partial charge < -0.3 is 15.2 Å². The molecule has 0 heterocycles. The van der Waals surface area contributed by atoms with Crippen LogP contribution in [0.1, 0.15) is 35.6 Å². The number of rotatable bonds is 5. The van der Waals surface area contributed by atoms with Crippen LogP contribution in [-0.2, 0) is 11.2 Å². The van der Waals surface area contributed by atoms with Crippen molar-refractivity contribution in [1.29, 1.82) is 0 Å². The molecule has 1 aliphatic rings. The minimum Gasteiger partial charge on any atom is -0.491 e. The summed E-state index contributed by atoms with van der Waals surface area (Å²) in [5.74, 6) is 0.847. The molecule has 0 saturated heterocycles. The first-order chi connectivity index (χ1) is 10.7. The Morgan fingerprint density at radius 1 is 1.14 bits per heavy atom. The molecular formula is C19H23NO2. The smallest absolute Gasteiger partial charge is 0.119 e. The van der Waals surface area contributed by atoms with E-state index in [2.05, 4.69) is 24.3 Å². The van der Waals surface area contributed by atoms with E-state index in [1.54, 1.807) is 0 Å². The third-order valence-corrected chi connectivity index (χ3v) is 4.23. The Bertz CT molecular complexity index is 639. The van der Waals surface area contributed by atoms with Crippen molar-refractivity contribution < 1.29 is 9.47 Å². The van der Waals surface area contributed by atoms with Gasteiger partial charge in [0.1, 0.15) is 12.4 Å². The van der Waals surface area contributed by atoms with E-state index in [1.807, 2.05) is 25.1 Å². The molecule has 1 aliphatic carbocycles. The summed E-state index contributed by atoms with van der Waals surface area (Å²) in [6.07, 6.45) is 3.66. The van der Waals surface area contributed by atoms with Gasteiger partial charge in [-0.1, -0.05) is 24.3 Å². The van der Waals surface area contributed by atoms with Gasteiger partial charge in [0.2, 0.25) is 0 Å². The molecule has 1 unspecified atom stereocenters. The lowest BCUT2D eigenvalue weighted by molar-refractivity contribution is 0.0229. The molecule has 0 bridgehead atoms. The summed E-state index contributed by atoms with van der Waals surface area (Å²) in [7, 11) is 0. The second-order valence-electron chi connectivity index (χ2n) is 5.82. The average molecular weight is 297 g/mol. The van der Waals surface area contributed by atoms with E-state index in [9.17, 15) is 0 Å². The van der Waals surface area contributed by atoms with Crippen molar-refractivity contribution >= 4 is 5.69 Å². The first-order valence-corrected chi connectivity index (χ1v) is 7.92. The number of hydrogen-bond donors (Lipinski definition) is 1. The van der Waals surface area contributed by atoms with Crippen molar-refractivity contribution in [1.82, 2.24) is 0 Å². The molecule has 116 valence electrons. The van der Waals surface area contributed by atoms with Crippen LogP contribution in [0.2, 0.25) is 0 Å². The summed E-state index contributed by atoms with van der Waals surface area (Å²) in [5.41, 5.74) is 10.4. The highest BCUT2D eigenvalue weighted by Gasteiger charge is 2.19.